The van der Waals surface area contributed by atoms with Crippen LogP contribution in [0.3, 0.4) is 0 Å². The Balaban J connectivity index is 1.77. The van der Waals surface area contributed by atoms with E-state index in [1.807, 2.05) is 31.2 Å². The first kappa shape index (κ1) is 22.0. The minimum Gasteiger partial charge on any atom is -0.462 e. The van der Waals surface area contributed by atoms with Crippen molar-refractivity contribution in [3.8, 4) is 0 Å². The molecule has 27 heavy (non-hydrogen) atoms. The highest BCUT2D eigenvalue weighted by Gasteiger charge is 2.37. The van der Waals surface area contributed by atoms with Gasteiger partial charge in [-0.1, -0.05) is 20.8 Å². The summed E-state index contributed by atoms with van der Waals surface area (Å²) in [5, 5.41) is 0.284. The summed E-state index contributed by atoms with van der Waals surface area (Å²) in [6.07, 6.45) is 3.59. The Kier molecular flexibility index (Phi) is 7.52. The number of ether oxygens (including phenoxy) is 1. The SMILES string of the molecule is CCOC(=O)c1ccc(N2CCC(CCO[Si](C)(C)C(C)(C)C)CC2)cc1. The zero-order valence-electron chi connectivity index (χ0n) is 18.0. The van der Waals surface area contributed by atoms with Crippen molar-refractivity contribution < 1.29 is 14.0 Å². The van der Waals surface area contributed by atoms with Gasteiger partial charge in [0.05, 0.1) is 12.2 Å². The van der Waals surface area contributed by atoms with Gasteiger partial charge in [-0.05, 0) is 74.5 Å². The molecule has 0 aromatic heterocycles. The lowest BCUT2D eigenvalue weighted by Gasteiger charge is -2.37. The minimum atomic E-state index is -1.62. The molecule has 0 bridgehead atoms. The average molecular weight is 392 g/mol. The molecule has 4 nitrogen and oxygen atoms in total. The van der Waals surface area contributed by atoms with E-state index >= 15 is 0 Å². The molecule has 0 spiro atoms. The summed E-state index contributed by atoms with van der Waals surface area (Å²) in [6.45, 7) is 16.8. The largest absolute Gasteiger partial charge is 0.462 e. The monoisotopic (exact) mass is 391 g/mol. The smallest absolute Gasteiger partial charge is 0.338 e. The lowest BCUT2D eigenvalue weighted by atomic mass is 9.93. The maximum Gasteiger partial charge on any atom is 0.338 e. The van der Waals surface area contributed by atoms with Crippen LogP contribution in [0.15, 0.2) is 24.3 Å². The number of nitrogens with zero attached hydrogens (tertiary/aromatic N) is 1. The number of piperidine rings is 1. The third kappa shape index (κ3) is 6.08. The van der Waals surface area contributed by atoms with Gasteiger partial charge in [0.25, 0.3) is 0 Å². The molecule has 1 heterocycles. The highest BCUT2D eigenvalue weighted by Crippen LogP contribution is 2.37. The summed E-state index contributed by atoms with van der Waals surface area (Å²) in [7, 11) is -1.62. The van der Waals surface area contributed by atoms with Gasteiger partial charge in [0.2, 0.25) is 0 Å². The van der Waals surface area contributed by atoms with Crippen LogP contribution < -0.4 is 4.90 Å². The van der Waals surface area contributed by atoms with Crippen LogP contribution >= 0.6 is 0 Å². The number of carbonyl (C=O) groups is 1. The van der Waals surface area contributed by atoms with Crippen molar-refractivity contribution in [3.05, 3.63) is 29.8 Å². The second kappa shape index (κ2) is 9.24. The molecule has 0 N–H and O–H groups in total. The van der Waals surface area contributed by atoms with Crippen LogP contribution in [0.5, 0.6) is 0 Å². The van der Waals surface area contributed by atoms with Crippen molar-refractivity contribution in [2.75, 3.05) is 31.2 Å². The third-order valence-corrected chi connectivity index (χ3v) is 10.7. The number of hydrogen-bond acceptors (Lipinski definition) is 4. The van der Waals surface area contributed by atoms with Crippen LogP contribution in [0.4, 0.5) is 5.69 Å². The summed E-state index contributed by atoms with van der Waals surface area (Å²) >= 11 is 0. The first-order valence-corrected chi connectivity index (χ1v) is 13.2. The fourth-order valence-electron chi connectivity index (χ4n) is 3.20. The molecule has 0 radical (unpaired) electrons. The molecule has 5 heteroatoms. The van der Waals surface area contributed by atoms with E-state index in [9.17, 15) is 4.79 Å². The van der Waals surface area contributed by atoms with Crippen molar-refractivity contribution in [2.45, 2.75) is 65.1 Å². The second-order valence-corrected chi connectivity index (χ2v) is 13.9. The zero-order valence-corrected chi connectivity index (χ0v) is 19.0. The molecule has 1 aromatic rings. The summed E-state index contributed by atoms with van der Waals surface area (Å²) in [4.78, 5) is 14.2. The van der Waals surface area contributed by atoms with Gasteiger partial charge in [-0.3, -0.25) is 0 Å². The molecule has 2 rings (SSSR count). The molecular weight excluding hydrogens is 354 g/mol. The minimum absolute atomic E-state index is 0.246. The van der Waals surface area contributed by atoms with Gasteiger partial charge in [-0.15, -0.1) is 0 Å². The molecule has 1 aliphatic heterocycles. The Morgan fingerprint density at radius 3 is 2.26 bits per heavy atom. The first-order chi connectivity index (χ1) is 12.6. The van der Waals surface area contributed by atoms with E-state index in [1.54, 1.807) is 0 Å². The Morgan fingerprint density at radius 2 is 1.74 bits per heavy atom. The number of esters is 1. The number of carbonyl (C=O) groups excluding carboxylic acids is 1. The summed E-state index contributed by atoms with van der Waals surface area (Å²) in [5.41, 5.74) is 1.82. The quantitative estimate of drug-likeness (QED) is 0.455. The summed E-state index contributed by atoms with van der Waals surface area (Å²) < 4.78 is 11.4. The van der Waals surface area contributed by atoms with E-state index in [4.69, 9.17) is 9.16 Å². The van der Waals surface area contributed by atoms with Crippen LogP contribution in [-0.2, 0) is 9.16 Å². The van der Waals surface area contributed by atoms with E-state index < -0.39 is 8.32 Å². The molecule has 0 atom stereocenters. The van der Waals surface area contributed by atoms with Crippen LogP contribution in [0.2, 0.25) is 18.1 Å². The molecule has 0 saturated carbocycles. The molecule has 0 unspecified atom stereocenters. The summed E-state index contributed by atoms with van der Waals surface area (Å²) in [6, 6.07) is 7.80. The average Bonchev–Trinajstić information content (AvgIpc) is 2.61. The van der Waals surface area contributed by atoms with Crippen molar-refractivity contribution >= 4 is 20.0 Å². The van der Waals surface area contributed by atoms with Gasteiger partial charge in [0.15, 0.2) is 8.32 Å². The highest BCUT2D eigenvalue weighted by molar-refractivity contribution is 6.74. The molecular formula is C22H37NO3Si. The topological polar surface area (TPSA) is 38.8 Å². The number of rotatable bonds is 7. The predicted octanol–water partition coefficient (Wildman–Crippen LogP) is 5.49. The number of benzene rings is 1. The van der Waals surface area contributed by atoms with Gasteiger partial charge in [0.1, 0.15) is 0 Å². The van der Waals surface area contributed by atoms with Crippen LogP contribution in [0, 0.1) is 5.92 Å². The van der Waals surface area contributed by atoms with Crippen molar-refractivity contribution in [1.82, 2.24) is 0 Å². The van der Waals surface area contributed by atoms with Crippen LogP contribution in [-0.4, -0.2) is 40.6 Å². The van der Waals surface area contributed by atoms with Gasteiger partial charge in [-0.25, -0.2) is 4.79 Å². The van der Waals surface area contributed by atoms with E-state index in [2.05, 4.69) is 38.8 Å². The van der Waals surface area contributed by atoms with Gasteiger partial charge in [-0.2, -0.15) is 0 Å². The molecule has 152 valence electrons. The second-order valence-electron chi connectivity index (χ2n) is 9.10. The Labute approximate surface area is 166 Å². The Hall–Kier alpha value is -1.33. The van der Waals surface area contributed by atoms with Gasteiger partial charge in [0, 0.05) is 25.4 Å². The lowest BCUT2D eigenvalue weighted by molar-refractivity contribution is 0.0526. The van der Waals surface area contributed by atoms with Crippen LogP contribution in [0.25, 0.3) is 0 Å². The molecule has 0 aliphatic carbocycles. The van der Waals surface area contributed by atoms with Crippen molar-refractivity contribution in [3.63, 3.8) is 0 Å². The fraction of sp³-hybridized carbons (Fsp3) is 0.682. The normalized spacial score (nSPS) is 16.4. The maximum absolute atomic E-state index is 11.8. The predicted molar refractivity (Wildman–Crippen MR) is 115 cm³/mol. The van der Waals surface area contributed by atoms with Gasteiger partial charge < -0.3 is 14.1 Å². The molecule has 1 aromatic carbocycles. The van der Waals surface area contributed by atoms with Crippen LogP contribution in [0.1, 0.15) is 57.3 Å². The number of anilines is 1. The lowest BCUT2D eigenvalue weighted by Crippen LogP contribution is -2.41. The third-order valence-electron chi connectivity index (χ3n) is 6.15. The number of hydrogen-bond donors (Lipinski definition) is 0. The maximum atomic E-state index is 11.8. The van der Waals surface area contributed by atoms with E-state index in [-0.39, 0.29) is 11.0 Å². The molecule has 1 aliphatic rings. The first-order valence-electron chi connectivity index (χ1n) is 10.3. The van der Waals surface area contributed by atoms with Crippen molar-refractivity contribution in [1.29, 1.82) is 0 Å². The summed E-state index contributed by atoms with van der Waals surface area (Å²) in [5.74, 6) is 0.509. The molecule has 1 saturated heterocycles. The standard InChI is InChI=1S/C22H37NO3Si/c1-7-25-21(24)19-8-10-20(11-9-19)23-15-12-18(13-16-23)14-17-26-27(5,6)22(2,3)4/h8-11,18H,7,12-17H2,1-6H3. The Morgan fingerprint density at radius 1 is 1.15 bits per heavy atom. The highest BCUT2D eigenvalue weighted by atomic mass is 28.4. The van der Waals surface area contributed by atoms with E-state index in [0.29, 0.717) is 12.2 Å². The van der Waals surface area contributed by atoms with E-state index in [1.165, 1.54) is 24.9 Å². The fourth-order valence-corrected chi connectivity index (χ4v) is 4.26. The zero-order chi connectivity index (χ0) is 20.1. The van der Waals surface area contributed by atoms with E-state index in [0.717, 1.165) is 25.6 Å². The Bertz CT molecular complexity index is 599. The van der Waals surface area contributed by atoms with Gasteiger partial charge >= 0.3 is 5.97 Å². The molecule has 0 amide bonds. The van der Waals surface area contributed by atoms with Crippen molar-refractivity contribution in [2.24, 2.45) is 5.92 Å². The molecule has 1 fully saturated rings.